The van der Waals surface area contributed by atoms with Gasteiger partial charge < -0.3 is 4.74 Å². The van der Waals surface area contributed by atoms with E-state index >= 15 is 0 Å². The number of para-hydroxylation sites is 1. The van der Waals surface area contributed by atoms with Gasteiger partial charge in [-0.1, -0.05) is 30.3 Å². The molecule has 3 aromatic carbocycles. The van der Waals surface area contributed by atoms with Crippen molar-refractivity contribution in [1.82, 2.24) is 0 Å². The molecule has 2 aliphatic rings. The fourth-order valence-electron chi connectivity index (χ4n) is 4.33. The number of carbonyl (C=O) groups is 2. The minimum atomic E-state index is -1.01. The average molecular weight is 445 g/mol. The maximum Gasteiger partial charge on any atom is 0.269 e. The Morgan fingerprint density at radius 2 is 1.55 bits per heavy atom. The Morgan fingerprint density at radius 3 is 2.15 bits per heavy atom. The van der Waals surface area contributed by atoms with Gasteiger partial charge in [0.25, 0.3) is 11.6 Å². The first kappa shape index (κ1) is 20.7. The second kappa shape index (κ2) is 8.03. The number of carbonyl (C=O) groups excluding carboxylic acids is 2. The summed E-state index contributed by atoms with van der Waals surface area (Å²) in [5.41, 5.74) is 1.66. The van der Waals surface area contributed by atoms with Gasteiger partial charge in [-0.15, -0.1) is 0 Å². The van der Waals surface area contributed by atoms with Crippen LogP contribution in [0, 0.1) is 16.0 Å². The third kappa shape index (κ3) is 3.39. The molecule has 2 aliphatic heterocycles. The summed E-state index contributed by atoms with van der Waals surface area (Å²) in [5.74, 6) is -1.04. The number of hydroxylamine groups is 1. The van der Waals surface area contributed by atoms with Gasteiger partial charge in [0.1, 0.15) is 11.7 Å². The molecule has 0 aromatic heterocycles. The average Bonchev–Trinajstić information content (AvgIpc) is 3.35. The number of anilines is 2. The van der Waals surface area contributed by atoms with Crippen molar-refractivity contribution in [3.63, 3.8) is 0 Å². The highest BCUT2D eigenvalue weighted by molar-refractivity contribution is 6.23. The van der Waals surface area contributed by atoms with Gasteiger partial charge in [0.2, 0.25) is 5.91 Å². The van der Waals surface area contributed by atoms with Crippen LogP contribution in [-0.4, -0.2) is 30.0 Å². The Labute approximate surface area is 188 Å². The van der Waals surface area contributed by atoms with E-state index in [1.54, 1.807) is 24.3 Å². The number of methoxy groups -OCH3 is 1. The van der Waals surface area contributed by atoms with Crippen LogP contribution >= 0.6 is 0 Å². The van der Waals surface area contributed by atoms with Crippen LogP contribution in [0.5, 0.6) is 5.75 Å². The third-order valence-corrected chi connectivity index (χ3v) is 5.90. The topological polar surface area (TPSA) is 102 Å². The van der Waals surface area contributed by atoms with E-state index in [0.717, 1.165) is 16.2 Å². The minimum Gasteiger partial charge on any atom is -0.497 e. The van der Waals surface area contributed by atoms with Crippen molar-refractivity contribution in [2.24, 2.45) is 5.92 Å². The predicted molar refractivity (Wildman–Crippen MR) is 119 cm³/mol. The standard InChI is InChI=1S/C24H19N3O6/c1-32-19-13-7-15(8-14-19)21-20-22(33-26(21)17-5-3-2-4-6-17)24(29)25(23(20)28)16-9-11-18(12-10-16)27(30)31/h2-14,20-22H,1H3/t20-,21+,22+/m1/s1. The highest BCUT2D eigenvalue weighted by Gasteiger charge is 2.60. The van der Waals surface area contributed by atoms with Crippen molar-refractivity contribution < 1.29 is 24.1 Å². The number of amides is 2. The fraction of sp³-hybridized carbons (Fsp3) is 0.167. The summed E-state index contributed by atoms with van der Waals surface area (Å²) in [6.07, 6.45) is -1.01. The number of fused-ring (bicyclic) bond motifs is 1. The molecule has 3 aromatic rings. The molecule has 0 saturated carbocycles. The van der Waals surface area contributed by atoms with Gasteiger partial charge in [-0.3, -0.25) is 24.5 Å². The van der Waals surface area contributed by atoms with E-state index in [9.17, 15) is 19.7 Å². The molecule has 0 radical (unpaired) electrons. The van der Waals surface area contributed by atoms with Gasteiger partial charge in [-0.2, -0.15) is 0 Å². The Hall–Kier alpha value is -4.24. The molecule has 2 fully saturated rings. The number of benzene rings is 3. The van der Waals surface area contributed by atoms with E-state index in [4.69, 9.17) is 9.57 Å². The van der Waals surface area contributed by atoms with Crippen LogP contribution in [0.4, 0.5) is 17.1 Å². The van der Waals surface area contributed by atoms with Crippen LogP contribution in [0.3, 0.4) is 0 Å². The molecule has 2 amide bonds. The van der Waals surface area contributed by atoms with Gasteiger partial charge in [-0.05, 0) is 42.0 Å². The zero-order chi connectivity index (χ0) is 23.1. The Bertz CT molecular complexity index is 1210. The fourth-order valence-corrected chi connectivity index (χ4v) is 4.33. The van der Waals surface area contributed by atoms with Gasteiger partial charge in [-0.25, -0.2) is 9.96 Å². The van der Waals surface area contributed by atoms with Crippen molar-refractivity contribution in [2.45, 2.75) is 12.1 Å². The number of ether oxygens (including phenoxy) is 1. The van der Waals surface area contributed by atoms with Gasteiger partial charge in [0, 0.05) is 12.1 Å². The molecule has 9 heteroatoms. The second-order valence-electron chi connectivity index (χ2n) is 7.72. The van der Waals surface area contributed by atoms with Crippen molar-refractivity contribution >= 4 is 28.9 Å². The molecule has 33 heavy (non-hydrogen) atoms. The molecule has 0 spiro atoms. The van der Waals surface area contributed by atoms with Crippen LogP contribution < -0.4 is 14.7 Å². The van der Waals surface area contributed by atoms with Gasteiger partial charge in [0.15, 0.2) is 6.10 Å². The maximum atomic E-state index is 13.5. The monoisotopic (exact) mass is 445 g/mol. The number of nitrogens with zero attached hydrogens (tertiary/aromatic N) is 3. The lowest BCUT2D eigenvalue weighted by molar-refractivity contribution is -0.384. The smallest absolute Gasteiger partial charge is 0.269 e. The van der Waals surface area contributed by atoms with Crippen LogP contribution in [0.2, 0.25) is 0 Å². The van der Waals surface area contributed by atoms with Crippen molar-refractivity contribution in [2.75, 3.05) is 17.1 Å². The van der Waals surface area contributed by atoms with Crippen LogP contribution in [0.15, 0.2) is 78.9 Å². The molecule has 0 bridgehead atoms. The number of hydrogen-bond acceptors (Lipinski definition) is 7. The largest absolute Gasteiger partial charge is 0.497 e. The van der Waals surface area contributed by atoms with E-state index in [0.29, 0.717) is 5.75 Å². The summed E-state index contributed by atoms with van der Waals surface area (Å²) in [6.45, 7) is 0. The summed E-state index contributed by atoms with van der Waals surface area (Å²) < 4.78 is 5.25. The SMILES string of the molecule is COc1ccc([C@H]2[C@H]3C(=O)N(c4ccc([N+](=O)[O-])cc4)C(=O)[C@H]3ON2c2ccccc2)cc1. The zero-order valence-corrected chi connectivity index (χ0v) is 17.5. The first-order valence-corrected chi connectivity index (χ1v) is 10.3. The number of nitro benzene ring substituents is 1. The lowest BCUT2D eigenvalue weighted by atomic mass is 9.90. The number of hydrogen-bond donors (Lipinski definition) is 0. The summed E-state index contributed by atoms with van der Waals surface area (Å²) in [7, 11) is 1.57. The number of rotatable bonds is 5. The summed E-state index contributed by atoms with van der Waals surface area (Å²) in [6, 6.07) is 21.3. The molecule has 0 aliphatic carbocycles. The predicted octanol–water partition coefficient (Wildman–Crippen LogP) is 3.65. The van der Waals surface area contributed by atoms with Crippen molar-refractivity contribution in [3.05, 3.63) is 94.5 Å². The highest BCUT2D eigenvalue weighted by atomic mass is 16.7. The third-order valence-electron chi connectivity index (χ3n) is 5.90. The lowest BCUT2D eigenvalue weighted by Gasteiger charge is -2.28. The van der Waals surface area contributed by atoms with E-state index in [1.807, 2.05) is 42.5 Å². The molecule has 0 N–H and O–H groups in total. The Balaban J connectivity index is 1.54. The van der Waals surface area contributed by atoms with Crippen LogP contribution in [0.1, 0.15) is 11.6 Å². The quantitative estimate of drug-likeness (QED) is 0.336. The van der Waals surface area contributed by atoms with Gasteiger partial charge in [0.05, 0.1) is 29.4 Å². The molecular formula is C24H19N3O6. The molecule has 2 saturated heterocycles. The number of imide groups is 1. The van der Waals surface area contributed by atoms with Gasteiger partial charge >= 0.3 is 0 Å². The zero-order valence-electron chi connectivity index (χ0n) is 17.5. The maximum absolute atomic E-state index is 13.5. The normalized spacial score (nSPS) is 21.9. The van der Waals surface area contributed by atoms with E-state index in [1.165, 1.54) is 24.3 Å². The van der Waals surface area contributed by atoms with Crippen molar-refractivity contribution in [1.29, 1.82) is 0 Å². The summed E-state index contributed by atoms with van der Waals surface area (Å²) in [5, 5.41) is 12.6. The van der Waals surface area contributed by atoms with E-state index < -0.39 is 34.8 Å². The van der Waals surface area contributed by atoms with Crippen LogP contribution in [0.25, 0.3) is 0 Å². The first-order chi connectivity index (χ1) is 16.0. The molecule has 0 unspecified atom stereocenters. The minimum absolute atomic E-state index is 0.124. The molecule has 9 nitrogen and oxygen atoms in total. The summed E-state index contributed by atoms with van der Waals surface area (Å²) >= 11 is 0. The second-order valence-corrected chi connectivity index (χ2v) is 7.72. The Kier molecular flexibility index (Phi) is 5.02. The van der Waals surface area contributed by atoms with Crippen LogP contribution in [-0.2, 0) is 14.4 Å². The lowest BCUT2D eigenvalue weighted by Crippen LogP contribution is -2.37. The molecule has 2 heterocycles. The first-order valence-electron chi connectivity index (χ1n) is 10.3. The van der Waals surface area contributed by atoms with E-state index in [2.05, 4.69) is 0 Å². The van der Waals surface area contributed by atoms with Crippen molar-refractivity contribution in [3.8, 4) is 5.75 Å². The molecule has 166 valence electrons. The number of nitro groups is 1. The number of non-ortho nitro benzene ring substituents is 1. The Morgan fingerprint density at radius 1 is 0.879 bits per heavy atom. The molecular weight excluding hydrogens is 426 g/mol. The molecule has 3 atom stereocenters. The highest BCUT2D eigenvalue weighted by Crippen LogP contribution is 2.47. The molecule has 5 rings (SSSR count). The van der Waals surface area contributed by atoms with E-state index in [-0.39, 0.29) is 11.4 Å². The summed E-state index contributed by atoms with van der Waals surface area (Å²) in [4.78, 5) is 44.4.